The van der Waals surface area contributed by atoms with Gasteiger partial charge in [-0.3, -0.25) is 4.79 Å². The van der Waals surface area contributed by atoms with Crippen LogP contribution in [0.2, 0.25) is 0 Å². The molecule has 1 fully saturated rings. The van der Waals surface area contributed by atoms with E-state index in [-0.39, 0.29) is 11.6 Å². The minimum atomic E-state index is -0.206. The predicted molar refractivity (Wildman–Crippen MR) is 66.6 cm³/mol. The number of hydrogen-bond donors (Lipinski definition) is 0. The van der Waals surface area contributed by atoms with Crippen molar-refractivity contribution in [3.05, 3.63) is 29.8 Å². The molecule has 98 valence electrons. The third-order valence-corrected chi connectivity index (χ3v) is 2.97. The SMILES string of the molecule is COC(=O)CCc1ccccc1OC[C@]1(C)CO1. The highest BCUT2D eigenvalue weighted by Crippen LogP contribution is 2.28. The summed E-state index contributed by atoms with van der Waals surface area (Å²) in [6.07, 6.45) is 0.991. The van der Waals surface area contributed by atoms with Crippen molar-refractivity contribution in [3.63, 3.8) is 0 Å². The maximum absolute atomic E-state index is 11.1. The highest BCUT2D eigenvalue weighted by molar-refractivity contribution is 5.69. The van der Waals surface area contributed by atoms with Gasteiger partial charge in [0.2, 0.25) is 0 Å². The second-order valence-corrected chi connectivity index (χ2v) is 4.71. The van der Waals surface area contributed by atoms with Gasteiger partial charge in [0.25, 0.3) is 0 Å². The molecule has 0 amide bonds. The summed E-state index contributed by atoms with van der Waals surface area (Å²) in [5.41, 5.74) is 0.891. The van der Waals surface area contributed by atoms with Gasteiger partial charge in [-0.25, -0.2) is 0 Å². The molecule has 1 aromatic carbocycles. The van der Waals surface area contributed by atoms with Crippen LogP contribution < -0.4 is 4.74 Å². The summed E-state index contributed by atoms with van der Waals surface area (Å²) in [4.78, 5) is 11.1. The van der Waals surface area contributed by atoms with Gasteiger partial charge in [0.1, 0.15) is 18.0 Å². The van der Waals surface area contributed by atoms with Gasteiger partial charge >= 0.3 is 5.97 Å². The Labute approximate surface area is 107 Å². The molecular formula is C14H18O4. The smallest absolute Gasteiger partial charge is 0.305 e. The van der Waals surface area contributed by atoms with Crippen LogP contribution in [0.5, 0.6) is 5.75 Å². The minimum Gasteiger partial charge on any atom is -0.490 e. The quantitative estimate of drug-likeness (QED) is 0.572. The van der Waals surface area contributed by atoms with Crippen LogP contribution in [-0.2, 0) is 20.7 Å². The molecule has 1 aromatic rings. The van der Waals surface area contributed by atoms with Gasteiger partial charge in [0.15, 0.2) is 0 Å². The monoisotopic (exact) mass is 250 g/mol. The molecule has 1 aliphatic heterocycles. The number of carbonyl (C=O) groups is 1. The molecule has 0 bridgehead atoms. The lowest BCUT2D eigenvalue weighted by Crippen LogP contribution is -2.17. The van der Waals surface area contributed by atoms with Crippen molar-refractivity contribution >= 4 is 5.97 Å². The molecule has 0 aromatic heterocycles. The molecule has 1 heterocycles. The fourth-order valence-corrected chi connectivity index (χ4v) is 1.63. The van der Waals surface area contributed by atoms with Crippen LogP contribution in [0.25, 0.3) is 0 Å². The number of methoxy groups -OCH3 is 1. The second-order valence-electron chi connectivity index (χ2n) is 4.71. The highest BCUT2D eigenvalue weighted by atomic mass is 16.6. The number of carbonyl (C=O) groups excluding carboxylic acids is 1. The molecule has 1 atom stereocenters. The standard InChI is InChI=1S/C14H18O4/c1-14(10-18-14)9-17-12-6-4-3-5-11(12)7-8-13(15)16-2/h3-6H,7-10H2,1-2H3/t14-/m1/s1. The van der Waals surface area contributed by atoms with Crippen molar-refractivity contribution in [3.8, 4) is 5.75 Å². The van der Waals surface area contributed by atoms with E-state index in [9.17, 15) is 4.79 Å². The number of hydrogen-bond acceptors (Lipinski definition) is 4. The third-order valence-electron chi connectivity index (χ3n) is 2.97. The van der Waals surface area contributed by atoms with Crippen molar-refractivity contribution in [2.75, 3.05) is 20.3 Å². The zero-order valence-electron chi connectivity index (χ0n) is 10.8. The summed E-state index contributed by atoms with van der Waals surface area (Å²) in [5, 5.41) is 0. The molecule has 2 rings (SSSR count). The minimum absolute atomic E-state index is 0.130. The normalized spacial score (nSPS) is 21.4. The molecular weight excluding hydrogens is 232 g/mol. The Morgan fingerprint density at radius 3 is 2.83 bits per heavy atom. The Balaban J connectivity index is 1.94. The zero-order chi connectivity index (χ0) is 13.0. The van der Waals surface area contributed by atoms with Crippen LogP contribution >= 0.6 is 0 Å². The molecule has 18 heavy (non-hydrogen) atoms. The Hall–Kier alpha value is -1.55. The van der Waals surface area contributed by atoms with Crippen LogP contribution in [-0.4, -0.2) is 31.9 Å². The largest absolute Gasteiger partial charge is 0.490 e. The first-order valence-corrected chi connectivity index (χ1v) is 6.04. The number of esters is 1. The van der Waals surface area contributed by atoms with Gasteiger partial charge in [-0.05, 0) is 25.0 Å². The highest BCUT2D eigenvalue weighted by Gasteiger charge is 2.40. The Bertz CT molecular complexity index is 424. The van der Waals surface area contributed by atoms with Gasteiger partial charge in [-0.1, -0.05) is 18.2 Å². The van der Waals surface area contributed by atoms with Gasteiger partial charge in [-0.15, -0.1) is 0 Å². The molecule has 1 aliphatic rings. The summed E-state index contributed by atoms with van der Waals surface area (Å²) in [7, 11) is 1.40. The van der Waals surface area contributed by atoms with E-state index in [0.717, 1.165) is 17.9 Å². The molecule has 0 saturated carbocycles. The van der Waals surface area contributed by atoms with Gasteiger partial charge in [0.05, 0.1) is 13.7 Å². The van der Waals surface area contributed by atoms with Gasteiger partial charge in [0, 0.05) is 6.42 Å². The van der Waals surface area contributed by atoms with E-state index in [1.165, 1.54) is 7.11 Å². The number of epoxide rings is 1. The first-order valence-electron chi connectivity index (χ1n) is 6.04. The van der Waals surface area contributed by atoms with E-state index in [2.05, 4.69) is 4.74 Å². The fraction of sp³-hybridized carbons (Fsp3) is 0.500. The van der Waals surface area contributed by atoms with Crippen molar-refractivity contribution in [2.24, 2.45) is 0 Å². The average Bonchev–Trinajstić information content (AvgIpc) is 3.13. The van der Waals surface area contributed by atoms with Gasteiger partial charge in [-0.2, -0.15) is 0 Å². The number of aryl methyl sites for hydroxylation is 1. The summed E-state index contributed by atoms with van der Waals surface area (Å²) < 4.78 is 15.7. The van der Waals surface area contributed by atoms with Gasteiger partial charge < -0.3 is 14.2 Å². The van der Waals surface area contributed by atoms with Crippen molar-refractivity contribution in [1.29, 1.82) is 0 Å². The predicted octanol–water partition coefficient (Wildman–Crippen LogP) is 1.96. The van der Waals surface area contributed by atoms with Crippen LogP contribution in [0.15, 0.2) is 24.3 Å². The molecule has 0 aliphatic carbocycles. The lowest BCUT2D eigenvalue weighted by Gasteiger charge is -2.12. The Morgan fingerprint density at radius 2 is 2.17 bits per heavy atom. The second kappa shape index (κ2) is 5.40. The van der Waals surface area contributed by atoms with Crippen LogP contribution in [0.3, 0.4) is 0 Å². The van der Waals surface area contributed by atoms with Crippen molar-refractivity contribution < 1.29 is 19.0 Å². The Morgan fingerprint density at radius 1 is 1.44 bits per heavy atom. The average molecular weight is 250 g/mol. The number of ether oxygens (including phenoxy) is 3. The molecule has 1 saturated heterocycles. The van der Waals surface area contributed by atoms with E-state index in [4.69, 9.17) is 9.47 Å². The topological polar surface area (TPSA) is 48.1 Å². The summed E-state index contributed by atoms with van der Waals surface area (Å²) >= 11 is 0. The van der Waals surface area contributed by atoms with Crippen molar-refractivity contribution in [2.45, 2.75) is 25.4 Å². The van der Waals surface area contributed by atoms with E-state index in [1.54, 1.807) is 0 Å². The molecule has 0 unspecified atom stereocenters. The lowest BCUT2D eigenvalue weighted by atomic mass is 10.1. The molecule has 4 heteroatoms. The number of para-hydroxylation sites is 1. The summed E-state index contributed by atoms with van der Waals surface area (Å²) in [6.45, 7) is 3.31. The molecule has 0 radical (unpaired) electrons. The first-order chi connectivity index (χ1) is 8.63. The molecule has 0 N–H and O–H groups in total. The van der Waals surface area contributed by atoms with Crippen LogP contribution in [0.1, 0.15) is 18.9 Å². The number of rotatable bonds is 6. The van der Waals surface area contributed by atoms with E-state index in [1.807, 2.05) is 31.2 Å². The summed E-state index contributed by atoms with van der Waals surface area (Å²) in [6, 6.07) is 7.74. The lowest BCUT2D eigenvalue weighted by molar-refractivity contribution is -0.140. The van der Waals surface area contributed by atoms with E-state index < -0.39 is 0 Å². The van der Waals surface area contributed by atoms with E-state index >= 15 is 0 Å². The maximum Gasteiger partial charge on any atom is 0.305 e. The van der Waals surface area contributed by atoms with Crippen LogP contribution in [0.4, 0.5) is 0 Å². The summed E-state index contributed by atoms with van der Waals surface area (Å²) in [5.74, 6) is 0.611. The molecule has 4 nitrogen and oxygen atoms in total. The van der Waals surface area contributed by atoms with Crippen LogP contribution in [0, 0.1) is 0 Å². The zero-order valence-corrected chi connectivity index (χ0v) is 10.8. The van der Waals surface area contributed by atoms with Crippen molar-refractivity contribution in [1.82, 2.24) is 0 Å². The third kappa shape index (κ3) is 3.47. The maximum atomic E-state index is 11.1. The molecule has 0 spiro atoms. The first kappa shape index (κ1) is 12.9. The number of benzene rings is 1. The fourth-order valence-electron chi connectivity index (χ4n) is 1.63. The Kier molecular flexibility index (Phi) is 3.87. The van der Waals surface area contributed by atoms with E-state index in [0.29, 0.717) is 19.4 Å².